The van der Waals surface area contributed by atoms with Crippen LogP contribution in [0.5, 0.6) is 0 Å². The molecule has 1 amide bonds. The number of oxime groups is 1. The van der Waals surface area contributed by atoms with E-state index in [1.807, 2.05) is 0 Å². The lowest BCUT2D eigenvalue weighted by atomic mass is 9.77. The molecule has 1 N–H and O–H groups in total. The lowest BCUT2D eigenvalue weighted by Gasteiger charge is -2.39. The quantitative estimate of drug-likeness (QED) is 0.413. The highest BCUT2D eigenvalue weighted by molar-refractivity contribution is 9.10. The van der Waals surface area contributed by atoms with E-state index in [2.05, 4.69) is 26.4 Å². The van der Waals surface area contributed by atoms with E-state index in [1.165, 1.54) is 25.1 Å². The maximum absolute atomic E-state index is 14.7. The second-order valence-corrected chi connectivity index (χ2v) is 10.8. The number of hydrogen-bond donors (Lipinski definition) is 1. The first-order chi connectivity index (χ1) is 15.5. The third kappa shape index (κ3) is 4.37. The maximum Gasteiger partial charge on any atom is 0.437 e. The standard InChI is InChI=1S/C23H20BrCl2F3N2O2/c1-21(24)19(18-5-3-2-4-13(18)8-9-30-20(32)14-6-7-14)31-33-22(21,23(27,28)29)15-10-16(25)12-17(26)11-15/h2-5,10-12,14H,6-9H2,1H3,(H,30,32). The molecule has 1 aliphatic heterocycles. The van der Waals surface area contributed by atoms with E-state index in [0.29, 0.717) is 18.5 Å². The summed E-state index contributed by atoms with van der Waals surface area (Å²) < 4.78 is 42.2. The summed E-state index contributed by atoms with van der Waals surface area (Å²) in [7, 11) is 0. The lowest BCUT2D eigenvalue weighted by Crippen LogP contribution is -2.57. The van der Waals surface area contributed by atoms with Crippen molar-refractivity contribution in [3.63, 3.8) is 0 Å². The van der Waals surface area contributed by atoms with Gasteiger partial charge in [0.15, 0.2) is 0 Å². The number of benzene rings is 2. The van der Waals surface area contributed by atoms with Gasteiger partial charge in [0, 0.05) is 33.6 Å². The van der Waals surface area contributed by atoms with Gasteiger partial charge in [-0.15, -0.1) is 0 Å². The van der Waals surface area contributed by atoms with Gasteiger partial charge in [-0.3, -0.25) is 4.79 Å². The Labute approximate surface area is 207 Å². The van der Waals surface area contributed by atoms with Gasteiger partial charge in [0.05, 0.1) is 0 Å². The molecule has 10 heteroatoms. The fourth-order valence-electron chi connectivity index (χ4n) is 4.10. The average Bonchev–Trinajstić information content (AvgIpc) is 3.51. The molecule has 2 aromatic carbocycles. The maximum atomic E-state index is 14.7. The van der Waals surface area contributed by atoms with E-state index in [-0.39, 0.29) is 33.1 Å². The van der Waals surface area contributed by atoms with Crippen LogP contribution in [-0.4, -0.2) is 28.7 Å². The van der Waals surface area contributed by atoms with Crippen LogP contribution in [0.3, 0.4) is 0 Å². The van der Waals surface area contributed by atoms with Crippen molar-refractivity contribution >= 4 is 50.8 Å². The molecule has 176 valence electrons. The first kappa shape index (κ1) is 24.4. The molecule has 1 fully saturated rings. The second kappa shape index (κ2) is 8.78. The van der Waals surface area contributed by atoms with Crippen molar-refractivity contribution in [1.82, 2.24) is 5.32 Å². The Morgan fingerprint density at radius 2 is 1.85 bits per heavy atom. The van der Waals surface area contributed by atoms with Crippen LogP contribution in [0.15, 0.2) is 47.6 Å². The topological polar surface area (TPSA) is 50.7 Å². The number of amides is 1. The molecule has 0 radical (unpaired) electrons. The summed E-state index contributed by atoms with van der Waals surface area (Å²) in [4.78, 5) is 17.2. The van der Waals surface area contributed by atoms with Crippen LogP contribution in [0.25, 0.3) is 0 Å². The smallest absolute Gasteiger partial charge is 0.372 e. The number of carbonyl (C=O) groups is 1. The molecule has 0 bridgehead atoms. The van der Waals surface area contributed by atoms with Gasteiger partial charge >= 0.3 is 6.18 Å². The molecule has 2 aliphatic rings. The van der Waals surface area contributed by atoms with Crippen LogP contribution in [0, 0.1) is 5.92 Å². The monoisotopic (exact) mass is 562 g/mol. The SMILES string of the molecule is CC1(Br)C(c2ccccc2CCNC(=O)C2CC2)=NOC1(c1cc(Cl)cc(Cl)c1)C(F)(F)F. The zero-order chi connectivity index (χ0) is 24.0. The minimum atomic E-state index is -4.86. The normalized spacial score (nSPS) is 24.9. The van der Waals surface area contributed by atoms with Gasteiger partial charge in [-0.2, -0.15) is 13.2 Å². The zero-order valence-corrected chi connectivity index (χ0v) is 20.6. The van der Waals surface area contributed by atoms with Crippen LogP contribution < -0.4 is 5.32 Å². The molecule has 1 saturated carbocycles. The van der Waals surface area contributed by atoms with Gasteiger partial charge in [0.25, 0.3) is 5.60 Å². The second-order valence-electron chi connectivity index (χ2n) is 8.34. The zero-order valence-electron chi connectivity index (χ0n) is 17.5. The van der Waals surface area contributed by atoms with Gasteiger partial charge in [0.1, 0.15) is 10.0 Å². The van der Waals surface area contributed by atoms with Crippen LogP contribution in [-0.2, 0) is 21.7 Å². The Hall–Kier alpha value is -1.77. The Balaban J connectivity index is 1.70. The first-order valence-electron chi connectivity index (χ1n) is 10.3. The van der Waals surface area contributed by atoms with Crippen molar-refractivity contribution in [2.75, 3.05) is 6.54 Å². The Morgan fingerprint density at radius 3 is 2.45 bits per heavy atom. The van der Waals surface area contributed by atoms with E-state index in [1.54, 1.807) is 24.3 Å². The van der Waals surface area contributed by atoms with E-state index >= 15 is 0 Å². The van der Waals surface area contributed by atoms with Crippen molar-refractivity contribution in [3.8, 4) is 0 Å². The molecule has 0 spiro atoms. The molecule has 2 atom stereocenters. The number of carbonyl (C=O) groups excluding carboxylic acids is 1. The summed E-state index contributed by atoms with van der Waals surface area (Å²) in [5.41, 5.74) is -1.81. The fourth-order valence-corrected chi connectivity index (χ4v) is 5.43. The molecule has 2 aromatic rings. The number of hydrogen-bond acceptors (Lipinski definition) is 3. The molecule has 0 saturated heterocycles. The highest BCUT2D eigenvalue weighted by Crippen LogP contribution is 2.58. The third-order valence-corrected chi connectivity index (χ3v) is 7.33. The van der Waals surface area contributed by atoms with E-state index in [9.17, 15) is 18.0 Å². The molecule has 4 nitrogen and oxygen atoms in total. The van der Waals surface area contributed by atoms with Gasteiger partial charge in [-0.05, 0) is 49.9 Å². The minimum Gasteiger partial charge on any atom is -0.372 e. The van der Waals surface area contributed by atoms with Crippen LogP contribution in [0.4, 0.5) is 13.2 Å². The predicted molar refractivity (Wildman–Crippen MR) is 125 cm³/mol. The van der Waals surface area contributed by atoms with Crippen molar-refractivity contribution in [1.29, 1.82) is 0 Å². The number of rotatable bonds is 6. The van der Waals surface area contributed by atoms with Crippen LogP contribution in [0.1, 0.15) is 36.5 Å². The van der Waals surface area contributed by atoms with Crippen LogP contribution >= 0.6 is 39.1 Å². The number of alkyl halides is 4. The molecule has 0 aromatic heterocycles. The highest BCUT2D eigenvalue weighted by Gasteiger charge is 2.73. The summed E-state index contributed by atoms with van der Waals surface area (Å²) >= 11 is 15.4. The lowest BCUT2D eigenvalue weighted by molar-refractivity contribution is -0.281. The number of nitrogens with one attached hydrogen (secondary N) is 1. The minimum absolute atomic E-state index is 0.00766. The van der Waals surface area contributed by atoms with Gasteiger partial charge < -0.3 is 10.2 Å². The summed E-state index contributed by atoms with van der Waals surface area (Å²) in [5, 5.41) is 6.91. The molecule has 4 rings (SSSR count). The third-order valence-electron chi connectivity index (χ3n) is 5.96. The van der Waals surface area contributed by atoms with Crippen molar-refractivity contribution in [2.24, 2.45) is 11.1 Å². The Kier molecular flexibility index (Phi) is 6.48. The van der Waals surface area contributed by atoms with Crippen molar-refractivity contribution < 1.29 is 22.8 Å². The molecular formula is C23H20BrCl2F3N2O2. The first-order valence-corrected chi connectivity index (χ1v) is 11.9. The fraction of sp³-hybridized carbons (Fsp3) is 0.391. The largest absolute Gasteiger partial charge is 0.437 e. The van der Waals surface area contributed by atoms with Crippen molar-refractivity contribution in [3.05, 3.63) is 69.2 Å². The van der Waals surface area contributed by atoms with Crippen LogP contribution in [0.2, 0.25) is 10.0 Å². The number of halogens is 6. The van der Waals surface area contributed by atoms with E-state index in [4.69, 9.17) is 28.0 Å². The van der Waals surface area contributed by atoms with Gasteiger partial charge in [-0.1, -0.05) is 68.6 Å². The summed E-state index contributed by atoms with van der Waals surface area (Å²) in [6.45, 7) is 1.74. The predicted octanol–water partition coefficient (Wildman–Crippen LogP) is 6.41. The summed E-state index contributed by atoms with van der Waals surface area (Å²) in [6.07, 6.45) is -2.65. The number of nitrogens with zero attached hydrogens (tertiary/aromatic N) is 1. The molecular weight excluding hydrogens is 544 g/mol. The molecule has 1 aliphatic carbocycles. The average molecular weight is 564 g/mol. The summed E-state index contributed by atoms with van der Waals surface area (Å²) in [6, 6.07) is 10.7. The van der Waals surface area contributed by atoms with E-state index in [0.717, 1.165) is 18.4 Å². The summed E-state index contributed by atoms with van der Waals surface area (Å²) in [5.74, 6) is 0.0869. The Morgan fingerprint density at radius 1 is 1.21 bits per heavy atom. The molecule has 1 heterocycles. The van der Waals surface area contributed by atoms with Crippen molar-refractivity contribution in [2.45, 2.75) is 42.3 Å². The highest BCUT2D eigenvalue weighted by atomic mass is 79.9. The van der Waals surface area contributed by atoms with Gasteiger partial charge in [-0.25, -0.2) is 0 Å². The molecule has 33 heavy (non-hydrogen) atoms. The van der Waals surface area contributed by atoms with E-state index < -0.39 is 16.1 Å². The molecule has 2 unspecified atom stereocenters. The Bertz CT molecular complexity index is 1100. The van der Waals surface area contributed by atoms with Gasteiger partial charge in [0.2, 0.25) is 5.91 Å².